The van der Waals surface area contributed by atoms with Crippen LogP contribution in [0.4, 0.5) is 0 Å². The Kier molecular flexibility index (Phi) is 4.53. The molecule has 0 saturated heterocycles. The van der Waals surface area contributed by atoms with E-state index in [4.69, 9.17) is 23.2 Å². The Morgan fingerprint density at radius 2 is 1.71 bits per heavy atom. The fourth-order valence-electron chi connectivity index (χ4n) is 2.89. The van der Waals surface area contributed by atoms with Crippen LogP contribution in [0.1, 0.15) is 42.7 Å². The summed E-state index contributed by atoms with van der Waals surface area (Å²) >= 11 is 16.3. The summed E-state index contributed by atoms with van der Waals surface area (Å²) in [6.45, 7) is 2.04. The zero-order valence-electron chi connectivity index (χ0n) is 11.7. The molecular formula is C16H15BrCl2N2. The van der Waals surface area contributed by atoms with Crippen LogP contribution in [-0.2, 0) is 0 Å². The normalized spacial score (nSPS) is 15.6. The van der Waals surface area contributed by atoms with Gasteiger partial charge in [-0.05, 0) is 43.4 Å². The van der Waals surface area contributed by atoms with Crippen molar-refractivity contribution < 1.29 is 0 Å². The van der Waals surface area contributed by atoms with Crippen LogP contribution in [0.15, 0.2) is 22.7 Å². The van der Waals surface area contributed by atoms with Crippen LogP contribution in [0, 0.1) is 6.92 Å². The smallest absolute Gasteiger partial charge is 0.163 e. The highest BCUT2D eigenvalue weighted by Gasteiger charge is 2.25. The van der Waals surface area contributed by atoms with E-state index in [0.29, 0.717) is 22.0 Å². The molecule has 1 aliphatic rings. The first-order chi connectivity index (χ1) is 10.1. The second-order valence-electron chi connectivity index (χ2n) is 5.51. The van der Waals surface area contributed by atoms with Crippen LogP contribution in [0.2, 0.25) is 10.3 Å². The zero-order valence-corrected chi connectivity index (χ0v) is 14.8. The topological polar surface area (TPSA) is 25.8 Å². The van der Waals surface area contributed by atoms with Gasteiger partial charge >= 0.3 is 0 Å². The van der Waals surface area contributed by atoms with E-state index in [1.54, 1.807) is 0 Å². The number of hydrogen-bond acceptors (Lipinski definition) is 2. The van der Waals surface area contributed by atoms with Crippen molar-refractivity contribution in [2.75, 3.05) is 0 Å². The lowest BCUT2D eigenvalue weighted by Gasteiger charge is -2.14. The molecule has 0 atom stereocenters. The first kappa shape index (κ1) is 15.3. The molecule has 1 aromatic carbocycles. The molecule has 0 unspecified atom stereocenters. The van der Waals surface area contributed by atoms with Gasteiger partial charge in [-0.15, -0.1) is 0 Å². The van der Waals surface area contributed by atoms with Gasteiger partial charge in [0, 0.05) is 15.6 Å². The van der Waals surface area contributed by atoms with Crippen molar-refractivity contribution in [1.29, 1.82) is 0 Å². The fraction of sp³-hybridized carbons (Fsp3) is 0.375. The Balaban J connectivity index is 2.05. The van der Waals surface area contributed by atoms with Crippen molar-refractivity contribution in [2.45, 2.75) is 38.5 Å². The maximum absolute atomic E-state index is 6.40. The lowest BCUT2D eigenvalue weighted by atomic mass is 10.0. The minimum absolute atomic E-state index is 0.403. The summed E-state index contributed by atoms with van der Waals surface area (Å²) in [5.41, 5.74) is 3.00. The van der Waals surface area contributed by atoms with E-state index in [2.05, 4.69) is 25.9 Å². The monoisotopic (exact) mass is 384 g/mol. The van der Waals surface area contributed by atoms with E-state index in [-0.39, 0.29) is 0 Å². The Morgan fingerprint density at radius 1 is 1.10 bits per heavy atom. The van der Waals surface area contributed by atoms with Crippen molar-refractivity contribution in [1.82, 2.24) is 9.97 Å². The molecule has 0 bridgehead atoms. The highest BCUT2D eigenvalue weighted by Crippen LogP contribution is 2.41. The number of nitrogens with zero attached hydrogens (tertiary/aromatic N) is 2. The molecule has 2 nitrogen and oxygen atoms in total. The van der Waals surface area contributed by atoms with Gasteiger partial charge in [0.05, 0.1) is 0 Å². The molecule has 0 radical (unpaired) electrons. The Hall–Kier alpha value is -0.640. The molecule has 1 heterocycles. The summed E-state index contributed by atoms with van der Waals surface area (Å²) < 4.78 is 0.947. The van der Waals surface area contributed by atoms with Crippen LogP contribution >= 0.6 is 39.1 Å². The second kappa shape index (κ2) is 6.23. The van der Waals surface area contributed by atoms with Gasteiger partial charge in [-0.1, -0.05) is 58.0 Å². The first-order valence-electron chi connectivity index (χ1n) is 7.05. The largest absolute Gasteiger partial charge is 0.216 e. The van der Waals surface area contributed by atoms with Gasteiger partial charge in [0.1, 0.15) is 10.3 Å². The molecule has 1 fully saturated rings. The number of halogens is 3. The summed E-state index contributed by atoms with van der Waals surface area (Å²) in [5.74, 6) is 0.971. The lowest BCUT2D eigenvalue weighted by molar-refractivity contribution is 0.715. The molecule has 1 saturated carbocycles. The number of hydrogen-bond donors (Lipinski definition) is 0. The Morgan fingerprint density at radius 3 is 2.29 bits per heavy atom. The molecule has 1 aromatic heterocycles. The van der Waals surface area contributed by atoms with Crippen molar-refractivity contribution in [3.05, 3.63) is 44.1 Å². The fourth-order valence-corrected chi connectivity index (χ4v) is 4.26. The van der Waals surface area contributed by atoms with Gasteiger partial charge in [-0.2, -0.15) is 0 Å². The minimum Gasteiger partial charge on any atom is -0.216 e. The van der Waals surface area contributed by atoms with Gasteiger partial charge in [0.25, 0.3) is 0 Å². The Labute approximate surface area is 143 Å². The molecule has 3 rings (SSSR count). The second-order valence-corrected chi connectivity index (χ2v) is 7.08. The highest BCUT2D eigenvalue weighted by molar-refractivity contribution is 9.10. The number of benzene rings is 1. The molecule has 0 N–H and O–H groups in total. The quantitative estimate of drug-likeness (QED) is 0.576. The Bertz CT molecular complexity index is 659. The maximum Gasteiger partial charge on any atom is 0.163 e. The van der Waals surface area contributed by atoms with Gasteiger partial charge < -0.3 is 0 Å². The standard InChI is InChI=1S/C16H15BrCl2N2/c1-9-6-7-11(12(17)8-9)16-20-14(18)13(15(19)21-16)10-4-2-3-5-10/h6-8,10H,2-5H2,1H3. The molecule has 2 aromatic rings. The molecular weight excluding hydrogens is 371 g/mol. The van der Waals surface area contributed by atoms with Crippen molar-refractivity contribution in [3.8, 4) is 11.4 Å². The third-order valence-corrected chi connectivity index (χ3v) is 5.21. The molecule has 5 heteroatoms. The van der Waals surface area contributed by atoms with E-state index in [0.717, 1.165) is 28.4 Å². The van der Waals surface area contributed by atoms with Gasteiger partial charge in [0.15, 0.2) is 5.82 Å². The van der Waals surface area contributed by atoms with Crippen LogP contribution in [0.25, 0.3) is 11.4 Å². The van der Waals surface area contributed by atoms with Gasteiger partial charge in [0.2, 0.25) is 0 Å². The summed E-state index contributed by atoms with van der Waals surface area (Å²) in [6.07, 6.45) is 4.69. The number of aryl methyl sites for hydroxylation is 1. The SMILES string of the molecule is Cc1ccc(-c2nc(Cl)c(C3CCCC3)c(Cl)n2)c(Br)c1. The van der Waals surface area contributed by atoms with Crippen molar-refractivity contribution in [3.63, 3.8) is 0 Å². The van der Waals surface area contributed by atoms with Gasteiger partial charge in [-0.25, -0.2) is 9.97 Å². The van der Waals surface area contributed by atoms with E-state index in [1.807, 2.05) is 25.1 Å². The van der Waals surface area contributed by atoms with E-state index in [9.17, 15) is 0 Å². The predicted octanol–water partition coefficient (Wildman–Crippen LogP) is 6.18. The molecule has 1 aliphatic carbocycles. The average molecular weight is 386 g/mol. The molecule has 0 amide bonds. The summed E-state index contributed by atoms with van der Waals surface area (Å²) in [6, 6.07) is 6.04. The summed E-state index contributed by atoms with van der Waals surface area (Å²) in [4.78, 5) is 8.96. The van der Waals surface area contributed by atoms with E-state index in [1.165, 1.54) is 18.4 Å². The maximum atomic E-state index is 6.40. The zero-order chi connectivity index (χ0) is 15.0. The summed E-state index contributed by atoms with van der Waals surface area (Å²) in [5, 5.41) is 0.980. The first-order valence-corrected chi connectivity index (χ1v) is 8.60. The van der Waals surface area contributed by atoms with Crippen LogP contribution < -0.4 is 0 Å². The average Bonchev–Trinajstić information content (AvgIpc) is 2.91. The van der Waals surface area contributed by atoms with E-state index < -0.39 is 0 Å². The van der Waals surface area contributed by atoms with Crippen LogP contribution in [0.5, 0.6) is 0 Å². The number of rotatable bonds is 2. The van der Waals surface area contributed by atoms with Crippen LogP contribution in [-0.4, -0.2) is 9.97 Å². The van der Waals surface area contributed by atoms with E-state index >= 15 is 0 Å². The molecule has 0 aliphatic heterocycles. The lowest BCUT2D eigenvalue weighted by Crippen LogP contribution is -2.02. The highest BCUT2D eigenvalue weighted by atomic mass is 79.9. The van der Waals surface area contributed by atoms with Crippen LogP contribution in [0.3, 0.4) is 0 Å². The van der Waals surface area contributed by atoms with Crippen molar-refractivity contribution >= 4 is 39.1 Å². The van der Waals surface area contributed by atoms with Crippen molar-refractivity contribution in [2.24, 2.45) is 0 Å². The molecule has 21 heavy (non-hydrogen) atoms. The summed E-state index contributed by atoms with van der Waals surface area (Å²) in [7, 11) is 0. The number of aromatic nitrogens is 2. The minimum atomic E-state index is 0.403. The molecule has 0 spiro atoms. The predicted molar refractivity (Wildman–Crippen MR) is 91.1 cm³/mol. The third-order valence-electron chi connectivity index (χ3n) is 3.98. The van der Waals surface area contributed by atoms with Gasteiger partial charge in [-0.3, -0.25) is 0 Å². The molecule has 110 valence electrons. The third kappa shape index (κ3) is 3.10.